The van der Waals surface area contributed by atoms with Gasteiger partial charge in [-0.05, 0) is 0 Å². The highest BCUT2D eigenvalue weighted by Crippen LogP contribution is 2.15. The molecule has 9 heteroatoms. The molecule has 0 spiro atoms. The Balaban J connectivity index is 3.15. The third-order valence-electron chi connectivity index (χ3n) is 1.72. The minimum Gasteiger partial charge on any atom is -0.392 e. The summed E-state index contributed by atoms with van der Waals surface area (Å²) in [4.78, 5) is 0.159. The van der Waals surface area contributed by atoms with Gasteiger partial charge in [0.2, 0.25) is 14.9 Å². The van der Waals surface area contributed by atoms with E-state index in [0.29, 0.717) is 0 Å². The first kappa shape index (κ1) is 11.9. The lowest BCUT2D eigenvalue weighted by Crippen LogP contribution is -2.19. The zero-order valence-electron chi connectivity index (χ0n) is 8.04. The molecule has 7 nitrogen and oxygen atoms in total. The molecule has 0 atom stereocenters. The Morgan fingerprint density at radius 2 is 2.20 bits per heavy atom. The van der Waals surface area contributed by atoms with E-state index in [2.05, 4.69) is 22.5 Å². The first-order valence-corrected chi connectivity index (χ1v) is 6.14. The molecule has 0 aromatic carbocycles. The second-order valence-corrected chi connectivity index (χ2v) is 5.53. The Labute approximate surface area is 92.4 Å². The van der Waals surface area contributed by atoms with E-state index in [4.69, 9.17) is 11.5 Å². The molecule has 0 aliphatic rings. The fourth-order valence-electron chi connectivity index (χ4n) is 0.927. The quantitative estimate of drug-likeness (QED) is 0.653. The van der Waals surface area contributed by atoms with Crippen LogP contribution in [0.2, 0.25) is 0 Å². The van der Waals surface area contributed by atoms with Crippen molar-refractivity contribution in [1.82, 2.24) is 15.0 Å². The van der Waals surface area contributed by atoms with Gasteiger partial charge in [-0.3, -0.25) is 0 Å². The number of nitrogens with two attached hydrogens (primary N) is 2. The summed E-state index contributed by atoms with van der Waals surface area (Å²) in [6.45, 7) is 1.58. The fraction of sp³-hybridized carbons (Fsp3) is 0.500. The highest BCUT2D eigenvalue weighted by atomic mass is 32.2. The SMILES string of the molecule is CCS(=O)(=O)c1nnn(CC(N)=S)c1N. The molecule has 15 heavy (non-hydrogen) atoms. The molecule has 1 aromatic heterocycles. The van der Waals surface area contributed by atoms with Crippen LogP contribution in [0.1, 0.15) is 6.92 Å². The minimum absolute atomic E-state index is 0.0374. The average Bonchev–Trinajstić information content (AvgIpc) is 2.48. The number of aromatic nitrogens is 3. The predicted octanol–water partition coefficient (Wildman–Crippen LogP) is -1.06. The molecule has 0 radical (unpaired) electrons. The molecule has 1 heterocycles. The number of hydrogen-bond acceptors (Lipinski definition) is 6. The molecule has 0 unspecified atom stereocenters. The molecule has 0 bridgehead atoms. The van der Waals surface area contributed by atoms with Gasteiger partial charge in [-0.25, -0.2) is 13.1 Å². The number of sulfone groups is 1. The van der Waals surface area contributed by atoms with Gasteiger partial charge in [0.1, 0.15) is 0 Å². The number of nitrogens with zero attached hydrogens (tertiary/aromatic N) is 3. The van der Waals surface area contributed by atoms with Crippen molar-refractivity contribution in [3.8, 4) is 0 Å². The van der Waals surface area contributed by atoms with Gasteiger partial charge in [0.15, 0.2) is 5.82 Å². The fourth-order valence-corrected chi connectivity index (χ4v) is 1.91. The number of nitrogen functional groups attached to an aromatic ring is 1. The van der Waals surface area contributed by atoms with E-state index in [1.54, 1.807) is 0 Å². The van der Waals surface area contributed by atoms with Gasteiger partial charge < -0.3 is 11.5 Å². The van der Waals surface area contributed by atoms with Gasteiger partial charge in [0.25, 0.3) is 0 Å². The van der Waals surface area contributed by atoms with E-state index in [1.165, 1.54) is 6.92 Å². The van der Waals surface area contributed by atoms with Gasteiger partial charge in [0.05, 0.1) is 17.3 Å². The molecule has 4 N–H and O–H groups in total. The third kappa shape index (κ3) is 2.42. The Hall–Kier alpha value is -1.22. The molecular weight excluding hydrogens is 238 g/mol. The second-order valence-electron chi connectivity index (χ2n) is 2.81. The van der Waals surface area contributed by atoms with E-state index in [-0.39, 0.29) is 28.1 Å². The van der Waals surface area contributed by atoms with Crippen LogP contribution in [0.4, 0.5) is 5.82 Å². The summed E-state index contributed by atoms with van der Waals surface area (Å²) in [5, 5.41) is 6.84. The first-order valence-electron chi connectivity index (χ1n) is 4.08. The third-order valence-corrected chi connectivity index (χ3v) is 3.49. The highest BCUT2D eigenvalue weighted by Gasteiger charge is 2.22. The summed E-state index contributed by atoms with van der Waals surface area (Å²) >= 11 is 4.65. The molecule has 0 aliphatic heterocycles. The standard InChI is InChI=1S/C6H11N5O2S2/c1-2-15(12,13)6-5(8)11(10-9-6)3-4(7)14/h2-3,8H2,1H3,(H2,7,14). The predicted molar refractivity (Wildman–Crippen MR) is 58.9 cm³/mol. The van der Waals surface area contributed by atoms with Crippen molar-refractivity contribution in [2.24, 2.45) is 5.73 Å². The number of hydrogen-bond donors (Lipinski definition) is 2. The largest absolute Gasteiger partial charge is 0.392 e. The van der Waals surface area contributed by atoms with Crippen LogP contribution in [0.25, 0.3) is 0 Å². The average molecular weight is 249 g/mol. The maximum Gasteiger partial charge on any atom is 0.220 e. The molecule has 0 saturated carbocycles. The molecule has 0 amide bonds. The van der Waals surface area contributed by atoms with Crippen molar-refractivity contribution in [1.29, 1.82) is 0 Å². The topological polar surface area (TPSA) is 117 Å². The molecule has 0 aliphatic carbocycles. The molecule has 1 aromatic rings. The van der Waals surface area contributed by atoms with Gasteiger partial charge in [-0.1, -0.05) is 24.4 Å². The van der Waals surface area contributed by atoms with Crippen molar-refractivity contribution < 1.29 is 8.42 Å². The minimum atomic E-state index is -3.45. The van der Waals surface area contributed by atoms with Crippen molar-refractivity contribution in [3.05, 3.63) is 0 Å². The second kappa shape index (κ2) is 4.11. The van der Waals surface area contributed by atoms with Gasteiger partial charge in [-0.2, -0.15) is 0 Å². The number of anilines is 1. The maximum absolute atomic E-state index is 11.5. The van der Waals surface area contributed by atoms with E-state index in [1.807, 2.05) is 0 Å². The lowest BCUT2D eigenvalue weighted by atomic mass is 10.6. The Bertz CT molecular complexity index is 478. The Morgan fingerprint density at radius 3 is 2.67 bits per heavy atom. The van der Waals surface area contributed by atoms with E-state index in [9.17, 15) is 8.42 Å². The van der Waals surface area contributed by atoms with Gasteiger partial charge >= 0.3 is 0 Å². The van der Waals surface area contributed by atoms with Crippen molar-refractivity contribution in [2.45, 2.75) is 18.5 Å². The van der Waals surface area contributed by atoms with Crippen molar-refractivity contribution >= 4 is 32.9 Å². The molecule has 0 fully saturated rings. The normalized spacial score (nSPS) is 11.5. The summed E-state index contributed by atoms with van der Waals surface area (Å²) < 4.78 is 24.1. The Morgan fingerprint density at radius 1 is 1.60 bits per heavy atom. The van der Waals surface area contributed by atoms with E-state index >= 15 is 0 Å². The zero-order valence-corrected chi connectivity index (χ0v) is 9.68. The van der Waals surface area contributed by atoms with Gasteiger partial charge in [0, 0.05) is 0 Å². The lowest BCUT2D eigenvalue weighted by Gasteiger charge is -2.01. The summed E-state index contributed by atoms with van der Waals surface area (Å²) in [6.07, 6.45) is 0. The highest BCUT2D eigenvalue weighted by molar-refractivity contribution is 7.91. The van der Waals surface area contributed by atoms with Crippen LogP contribution < -0.4 is 11.5 Å². The summed E-state index contributed by atoms with van der Waals surface area (Å²) in [5.74, 6) is -0.118. The summed E-state index contributed by atoms with van der Waals surface area (Å²) in [7, 11) is -3.45. The van der Waals surface area contributed by atoms with Crippen LogP contribution in [-0.4, -0.2) is 34.2 Å². The van der Waals surface area contributed by atoms with Crippen LogP contribution >= 0.6 is 12.2 Å². The van der Waals surface area contributed by atoms with Crippen LogP contribution in [-0.2, 0) is 16.4 Å². The summed E-state index contributed by atoms with van der Waals surface area (Å²) in [6, 6.07) is 0. The van der Waals surface area contributed by atoms with E-state index < -0.39 is 9.84 Å². The monoisotopic (exact) mass is 249 g/mol. The van der Waals surface area contributed by atoms with Crippen molar-refractivity contribution in [3.63, 3.8) is 0 Å². The molecule has 1 rings (SSSR count). The maximum atomic E-state index is 11.5. The Kier molecular flexibility index (Phi) is 3.25. The molecule has 84 valence electrons. The van der Waals surface area contributed by atoms with Crippen LogP contribution in [0.3, 0.4) is 0 Å². The zero-order chi connectivity index (χ0) is 11.6. The van der Waals surface area contributed by atoms with Crippen LogP contribution in [0, 0.1) is 0 Å². The summed E-state index contributed by atoms with van der Waals surface area (Å²) in [5.41, 5.74) is 10.8. The molecule has 0 saturated heterocycles. The smallest absolute Gasteiger partial charge is 0.220 e. The lowest BCUT2D eigenvalue weighted by molar-refractivity contribution is 0.593. The first-order chi connectivity index (χ1) is 6.88. The number of rotatable bonds is 4. The van der Waals surface area contributed by atoms with Gasteiger partial charge in [-0.15, -0.1) is 5.10 Å². The number of thiocarbonyl (C=S) groups is 1. The van der Waals surface area contributed by atoms with E-state index in [0.717, 1.165) is 4.68 Å². The van der Waals surface area contributed by atoms with Crippen molar-refractivity contribution in [2.75, 3.05) is 11.5 Å². The molecular formula is C6H11N5O2S2. The van der Waals surface area contributed by atoms with Crippen LogP contribution in [0.15, 0.2) is 5.03 Å². The van der Waals surface area contributed by atoms with Crippen LogP contribution in [0.5, 0.6) is 0 Å².